The van der Waals surface area contributed by atoms with Gasteiger partial charge in [0.1, 0.15) is 20.9 Å². The molecule has 0 aromatic carbocycles. The Morgan fingerprint density at radius 1 is 1.22 bits per heavy atom. The van der Waals surface area contributed by atoms with E-state index < -0.39 is 0 Å². The minimum atomic E-state index is 0.537. The van der Waals surface area contributed by atoms with Crippen LogP contribution in [0.5, 0.6) is 5.88 Å². The molecule has 4 nitrogen and oxygen atoms in total. The molecule has 1 aliphatic rings. The molecule has 0 saturated heterocycles. The molecular weight excluding hydrogens is 306 g/mol. The van der Waals surface area contributed by atoms with Crippen molar-refractivity contribution in [3.8, 4) is 11.9 Å². The van der Waals surface area contributed by atoms with Crippen molar-refractivity contribution in [2.24, 2.45) is 0 Å². The number of thioether (sulfide) groups is 4. The van der Waals surface area contributed by atoms with Crippen LogP contribution in [0.1, 0.15) is 0 Å². The van der Waals surface area contributed by atoms with Crippen LogP contribution < -0.4 is 4.74 Å². The number of fused-ring (bicyclic) bond motifs is 1. The normalized spacial score (nSPS) is 14.1. The molecule has 0 bridgehead atoms. The van der Waals surface area contributed by atoms with Crippen LogP contribution in [0, 0.1) is 11.3 Å². The van der Waals surface area contributed by atoms with Crippen molar-refractivity contribution in [2.45, 2.75) is 15.1 Å². The fourth-order valence-corrected chi connectivity index (χ4v) is 4.66. The molecule has 1 aromatic heterocycles. The third kappa shape index (κ3) is 2.59. The summed E-state index contributed by atoms with van der Waals surface area (Å²) >= 11 is 5.92. The summed E-state index contributed by atoms with van der Waals surface area (Å²) < 4.78 is 6.25. The van der Waals surface area contributed by atoms with E-state index in [1.807, 2.05) is 12.5 Å². The first-order valence-electron chi connectivity index (χ1n) is 4.77. The zero-order chi connectivity index (χ0) is 13.1. The summed E-state index contributed by atoms with van der Waals surface area (Å²) in [5.41, 5.74) is 0. The summed E-state index contributed by atoms with van der Waals surface area (Å²) in [5.74, 6) is 0.537. The van der Waals surface area contributed by atoms with Crippen LogP contribution in [-0.4, -0.2) is 29.6 Å². The Morgan fingerprint density at radius 3 is 2.56 bits per heavy atom. The second-order valence-electron chi connectivity index (χ2n) is 2.99. The van der Waals surface area contributed by atoms with Crippen molar-refractivity contribution >= 4 is 47.0 Å². The van der Waals surface area contributed by atoms with Gasteiger partial charge in [0.05, 0.1) is 11.3 Å². The molecule has 0 radical (unpaired) electrons. The fraction of sp³-hybridized carbons (Fsp3) is 0.300. The second kappa shape index (κ2) is 6.10. The molecule has 0 saturated carbocycles. The highest BCUT2D eigenvalue weighted by atomic mass is 32.2. The average molecular weight is 315 g/mol. The van der Waals surface area contributed by atoms with Crippen LogP contribution >= 0.6 is 47.0 Å². The van der Waals surface area contributed by atoms with Gasteiger partial charge in [-0.2, -0.15) is 10.2 Å². The maximum atomic E-state index is 9.14. The van der Waals surface area contributed by atoms with Gasteiger partial charge in [-0.1, -0.05) is 35.3 Å². The lowest BCUT2D eigenvalue weighted by Gasteiger charge is -2.18. The van der Waals surface area contributed by atoms with Gasteiger partial charge in [0.25, 0.3) is 0 Å². The molecule has 0 amide bonds. The molecule has 8 heteroatoms. The maximum absolute atomic E-state index is 9.14. The van der Waals surface area contributed by atoms with Crippen molar-refractivity contribution in [1.82, 2.24) is 9.97 Å². The number of rotatable bonds is 3. The van der Waals surface area contributed by atoms with E-state index in [1.54, 1.807) is 18.9 Å². The SMILES string of the molecule is COc1nc(SC)nc2c1SC(C#N)=C(SC)S2. The van der Waals surface area contributed by atoms with Gasteiger partial charge in [-0.25, -0.2) is 4.98 Å². The highest BCUT2D eigenvalue weighted by molar-refractivity contribution is 8.23. The quantitative estimate of drug-likeness (QED) is 0.477. The van der Waals surface area contributed by atoms with E-state index in [4.69, 9.17) is 10.00 Å². The third-order valence-corrected chi connectivity index (χ3v) is 6.23. The van der Waals surface area contributed by atoms with E-state index in [1.165, 1.54) is 35.3 Å². The number of nitrogens with zero attached hydrogens (tertiary/aromatic N) is 3. The van der Waals surface area contributed by atoms with Gasteiger partial charge < -0.3 is 4.74 Å². The molecule has 1 aliphatic heterocycles. The van der Waals surface area contributed by atoms with Crippen LogP contribution in [0.25, 0.3) is 0 Å². The molecule has 2 heterocycles. The van der Waals surface area contributed by atoms with Crippen LogP contribution in [0.4, 0.5) is 0 Å². The summed E-state index contributed by atoms with van der Waals surface area (Å²) in [4.78, 5) is 10.3. The van der Waals surface area contributed by atoms with Crippen LogP contribution in [0.3, 0.4) is 0 Å². The molecule has 0 aliphatic carbocycles. The number of aromatic nitrogens is 2. The lowest BCUT2D eigenvalue weighted by Crippen LogP contribution is -2.01. The Bertz CT molecular complexity index is 553. The van der Waals surface area contributed by atoms with Crippen molar-refractivity contribution in [1.29, 1.82) is 5.26 Å². The van der Waals surface area contributed by atoms with E-state index in [0.29, 0.717) is 15.9 Å². The van der Waals surface area contributed by atoms with Gasteiger partial charge >= 0.3 is 0 Å². The largest absolute Gasteiger partial charge is 0.480 e. The number of nitriles is 1. The fourth-order valence-electron chi connectivity index (χ4n) is 1.26. The minimum Gasteiger partial charge on any atom is -0.480 e. The number of hydrogen-bond acceptors (Lipinski definition) is 8. The molecule has 0 spiro atoms. The molecule has 0 N–H and O–H groups in total. The standard InChI is InChI=1S/C10H9N3OS4/c1-14-7-6-8(13-10(12-7)16-3)18-9(15-2)5(4-11)17-6/h1-3H3. The van der Waals surface area contributed by atoms with Crippen LogP contribution in [0.2, 0.25) is 0 Å². The first-order chi connectivity index (χ1) is 8.73. The molecular formula is C10H9N3OS4. The predicted octanol–water partition coefficient (Wildman–Crippen LogP) is 3.46. The monoisotopic (exact) mass is 315 g/mol. The van der Waals surface area contributed by atoms with Crippen LogP contribution in [0.15, 0.2) is 24.2 Å². The Morgan fingerprint density at radius 2 is 2.00 bits per heavy atom. The summed E-state index contributed by atoms with van der Waals surface area (Å²) in [6.45, 7) is 0. The van der Waals surface area contributed by atoms with Gasteiger partial charge in [-0.15, -0.1) is 11.8 Å². The van der Waals surface area contributed by atoms with Gasteiger partial charge in [-0.3, -0.25) is 0 Å². The Balaban J connectivity index is 2.51. The Hall–Kier alpha value is -0.490. The molecule has 0 fully saturated rings. The van der Waals surface area contributed by atoms with E-state index in [-0.39, 0.29) is 0 Å². The zero-order valence-electron chi connectivity index (χ0n) is 9.88. The van der Waals surface area contributed by atoms with E-state index in [2.05, 4.69) is 16.0 Å². The van der Waals surface area contributed by atoms with Gasteiger partial charge in [0, 0.05) is 0 Å². The topological polar surface area (TPSA) is 58.8 Å². The lowest BCUT2D eigenvalue weighted by molar-refractivity contribution is 0.376. The first-order valence-corrected chi connectivity index (χ1v) is 8.85. The molecule has 0 unspecified atom stereocenters. The number of hydrogen-bond donors (Lipinski definition) is 0. The summed E-state index contributed by atoms with van der Waals surface area (Å²) in [7, 11) is 1.58. The number of allylic oxidation sites excluding steroid dienone is 1. The summed E-state index contributed by atoms with van der Waals surface area (Å²) in [6.07, 6.45) is 3.88. The van der Waals surface area contributed by atoms with E-state index in [9.17, 15) is 0 Å². The second-order valence-corrected chi connectivity index (χ2v) is 6.86. The smallest absolute Gasteiger partial charge is 0.232 e. The van der Waals surface area contributed by atoms with Crippen LogP contribution in [-0.2, 0) is 0 Å². The molecule has 2 rings (SSSR count). The molecule has 1 aromatic rings. The van der Waals surface area contributed by atoms with E-state index >= 15 is 0 Å². The van der Waals surface area contributed by atoms with Crippen molar-refractivity contribution in [2.75, 3.05) is 19.6 Å². The van der Waals surface area contributed by atoms with Crippen molar-refractivity contribution in [3.05, 3.63) is 9.14 Å². The average Bonchev–Trinajstić information content (AvgIpc) is 2.44. The Kier molecular flexibility index (Phi) is 4.72. The summed E-state index contributed by atoms with van der Waals surface area (Å²) in [5, 5.41) is 10.7. The third-order valence-electron chi connectivity index (χ3n) is 2.02. The molecule has 18 heavy (non-hydrogen) atoms. The summed E-state index contributed by atoms with van der Waals surface area (Å²) in [6, 6.07) is 2.21. The van der Waals surface area contributed by atoms with E-state index in [0.717, 1.165) is 14.2 Å². The highest BCUT2D eigenvalue weighted by Gasteiger charge is 2.25. The van der Waals surface area contributed by atoms with Gasteiger partial charge in [0.2, 0.25) is 5.88 Å². The first kappa shape index (κ1) is 13.9. The van der Waals surface area contributed by atoms with Crippen molar-refractivity contribution in [3.63, 3.8) is 0 Å². The maximum Gasteiger partial charge on any atom is 0.232 e. The van der Waals surface area contributed by atoms with Gasteiger partial charge in [0.15, 0.2) is 5.16 Å². The minimum absolute atomic E-state index is 0.537. The highest BCUT2D eigenvalue weighted by Crippen LogP contribution is 2.51. The van der Waals surface area contributed by atoms with Crippen molar-refractivity contribution < 1.29 is 4.74 Å². The number of ether oxygens (including phenoxy) is 1. The van der Waals surface area contributed by atoms with Gasteiger partial charge in [-0.05, 0) is 12.5 Å². The molecule has 94 valence electrons. The zero-order valence-corrected chi connectivity index (χ0v) is 13.1. The Labute approximate surface area is 122 Å². The lowest BCUT2D eigenvalue weighted by atomic mass is 10.6. The predicted molar refractivity (Wildman–Crippen MR) is 78.2 cm³/mol. The number of methoxy groups -OCH3 is 1. The molecule has 0 atom stereocenters.